The first-order chi connectivity index (χ1) is 15.6. The fourth-order valence-corrected chi connectivity index (χ4v) is 4.33. The monoisotopic (exact) mass is 435 g/mol. The van der Waals surface area contributed by atoms with Crippen LogP contribution in [0.4, 0.5) is 5.69 Å². The molecular formula is C24H29N5O3. The number of non-ortho nitro benzene ring substituents is 1. The molecule has 1 aromatic heterocycles. The molecular weight excluding hydrogens is 406 g/mol. The summed E-state index contributed by atoms with van der Waals surface area (Å²) >= 11 is 0. The van der Waals surface area contributed by atoms with Gasteiger partial charge in [0.2, 0.25) is 11.7 Å². The predicted octanol–water partition coefficient (Wildman–Crippen LogP) is 4.52. The first-order valence-electron chi connectivity index (χ1n) is 11.2. The van der Waals surface area contributed by atoms with Crippen molar-refractivity contribution in [3.05, 3.63) is 76.2 Å². The lowest BCUT2D eigenvalue weighted by Crippen LogP contribution is -2.47. The SMILES string of the molecule is CCCN(Cc1nc(-c2ccc([N+](=O)[O-])cc2)no1)C1CCCN(Cc2ccccc2)C1. The molecule has 1 atom stereocenters. The summed E-state index contributed by atoms with van der Waals surface area (Å²) in [4.78, 5) is 20.0. The molecule has 168 valence electrons. The summed E-state index contributed by atoms with van der Waals surface area (Å²) in [6.07, 6.45) is 3.39. The fraction of sp³-hybridized carbons (Fsp3) is 0.417. The highest BCUT2D eigenvalue weighted by atomic mass is 16.6. The lowest BCUT2D eigenvalue weighted by atomic mass is 10.0. The van der Waals surface area contributed by atoms with E-state index < -0.39 is 4.92 Å². The van der Waals surface area contributed by atoms with Gasteiger partial charge in [-0.05, 0) is 50.0 Å². The van der Waals surface area contributed by atoms with E-state index in [0.29, 0.717) is 29.9 Å². The topological polar surface area (TPSA) is 88.5 Å². The van der Waals surface area contributed by atoms with Crippen LogP contribution < -0.4 is 0 Å². The van der Waals surface area contributed by atoms with E-state index >= 15 is 0 Å². The van der Waals surface area contributed by atoms with Crippen LogP contribution in [0.3, 0.4) is 0 Å². The Hall–Kier alpha value is -3.10. The number of aromatic nitrogens is 2. The Labute approximate surface area is 188 Å². The number of nitro groups is 1. The van der Waals surface area contributed by atoms with E-state index in [1.165, 1.54) is 24.1 Å². The van der Waals surface area contributed by atoms with E-state index in [1.807, 2.05) is 0 Å². The van der Waals surface area contributed by atoms with Crippen molar-refractivity contribution >= 4 is 5.69 Å². The van der Waals surface area contributed by atoms with E-state index in [-0.39, 0.29) is 5.69 Å². The van der Waals surface area contributed by atoms with Crippen LogP contribution in [0, 0.1) is 10.1 Å². The molecule has 1 aliphatic heterocycles. The third-order valence-electron chi connectivity index (χ3n) is 5.90. The Kier molecular flexibility index (Phi) is 7.24. The molecule has 3 aromatic rings. The summed E-state index contributed by atoms with van der Waals surface area (Å²) in [6, 6.07) is 17.3. The zero-order valence-corrected chi connectivity index (χ0v) is 18.4. The normalized spacial score (nSPS) is 17.0. The third kappa shape index (κ3) is 5.57. The second-order valence-corrected chi connectivity index (χ2v) is 8.30. The average Bonchev–Trinajstić information content (AvgIpc) is 3.28. The zero-order valence-electron chi connectivity index (χ0n) is 18.4. The number of piperidine rings is 1. The highest BCUT2D eigenvalue weighted by Crippen LogP contribution is 2.23. The van der Waals surface area contributed by atoms with E-state index in [4.69, 9.17) is 4.52 Å². The molecule has 0 bridgehead atoms. The van der Waals surface area contributed by atoms with Crippen molar-refractivity contribution < 1.29 is 9.45 Å². The van der Waals surface area contributed by atoms with Crippen molar-refractivity contribution in [1.82, 2.24) is 19.9 Å². The molecule has 8 heteroatoms. The van der Waals surface area contributed by atoms with Crippen LogP contribution >= 0.6 is 0 Å². The molecule has 4 rings (SSSR count). The lowest BCUT2D eigenvalue weighted by molar-refractivity contribution is -0.384. The van der Waals surface area contributed by atoms with Crippen LogP contribution in [0.2, 0.25) is 0 Å². The second kappa shape index (κ2) is 10.5. The van der Waals surface area contributed by atoms with Gasteiger partial charge in [0.25, 0.3) is 5.69 Å². The minimum atomic E-state index is -0.417. The van der Waals surface area contributed by atoms with Gasteiger partial charge in [-0.25, -0.2) is 0 Å². The van der Waals surface area contributed by atoms with Gasteiger partial charge in [-0.15, -0.1) is 0 Å². The second-order valence-electron chi connectivity index (χ2n) is 8.30. The van der Waals surface area contributed by atoms with Crippen molar-refractivity contribution in [3.8, 4) is 11.4 Å². The van der Waals surface area contributed by atoms with Gasteiger partial charge in [0.05, 0.1) is 11.5 Å². The minimum absolute atomic E-state index is 0.0453. The Morgan fingerprint density at radius 3 is 2.69 bits per heavy atom. The quantitative estimate of drug-likeness (QED) is 0.361. The maximum Gasteiger partial charge on any atom is 0.269 e. The third-order valence-corrected chi connectivity index (χ3v) is 5.90. The zero-order chi connectivity index (χ0) is 22.3. The van der Waals surface area contributed by atoms with Gasteiger partial charge in [0, 0.05) is 36.8 Å². The fourth-order valence-electron chi connectivity index (χ4n) is 4.33. The number of nitro benzene ring substituents is 1. The Morgan fingerprint density at radius 2 is 1.97 bits per heavy atom. The number of rotatable bonds is 9. The Balaban J connectivity index is 1.41. The highest BCUT2D eigenvalue weighted by Gasteiger charge is 2.26. The molecule has 0 N–H and O–H groups in total. The van der Waals surface area contributed by atoms with Gasteiger partial charge in [-0.2, -0.15) is 4.98 Å². The van der Waals surface area contributed by atoms with E-state index in [1.54, 1.807) is 12.1 Å². The summed E-state index contributed by atoms with van der Waals surface area (Å²) < 4.78 is 5.54. The average molecular weight is 436 g/mol. The summed E-state index contributed by atoms with van der Waals surface area (Å²) in [5, 5.41) is 15.0. The van der Waals surface area contributed by atoms with Crippen molar-refractivity contribution in [2.75, 3.05) is 19.6 Å². The highest BCUT2D eigenvalue weighted by molar-refractivity contribution is 5.56. The summed E-state index contributed by atoms with van der Waals surface area (Å²) in [5.74, 6) is 1.03. The molecule has 2 heterocycles. The van der Waals surface area contributed by atoms with Crippen LogP contribution in [0.15, 0.2) is 59.1 Å². The number of likely N-dealkylation sites (tertiary alicyclic amines) is 1. The number of hydrogen-bond acceptors (Lipinski definition) is 7. The van der Waals surface area contributed by atoms with Gasteiger partial charge in [-0.1, -0.05) is 42.4 Å². The van der Waals surface area contributed by atoms with E-state index in [2.05, 4.69) is 57.2 Å². The molecule has 0 radical (unpaired) electrons. The molecule has 0 spiro atoms. The summed E-state index contributed by atoms with van der Waals surface area (Å²) in [5.41, 5.74) is 2.10. The smallest absolute Gasteiger partial charge is 0.269 e. The first kappa shape index (κ1) is 22.1. The summed E-state index contributed by atoms with van der Waals surface area (Å²) in [7, 11) is 0. The molecule has 1 aliphatic rings. The lowest BCUT2D eigenvalue weighted by Gasteiger charge is -2.39. The van der Waals surface area contributed by atoms with Crippen molar-refractivity contribution in [1.29, 1.82) is 0 Å². The molecule has 1 unspecified atom stereocenters. The molecule has 32 heavy (non-hydrogen) atoms. The molecule has 0 amide bonds. The molecule has 8 nitrogen and oxygen atoms in total. The number of hydrogen-bond donors (Lipinski definition) is 0. The van der Waals surface area contributed by atoms with Crippen molar-refractivity contribution in [3.63, 3.8) is 0 Å². The molecule has 0 aliphatic carbocycles. The van der Waals surface area contributed by atoms with E-state index in [0.717, 1.165) is 39.0 Å². The Morgan fingerprint density at radius 1 is 1.19 bits per heavy atom. The largest absolute Gasteiger partial charge is 0.338 e. The van der Waals surface area contributed by atoms with Crippen LogP contribution in [-0.2, 0) is 13.1 Å². The predicted molar refractivity (Wildman–Crippen MR) is 122 cm³/mol. The van der Waals surface area contributed by atoms with Crippen molar-refractivity contribution in [2.45, 2.75) is 45.3 Å². The minimum Gasteiger partial charge on any atom is -0.338 e. The van der Waals surface area contributed by atoms with Gasteiger partial charge in [0.15, 0.2) is 0 Å². The van der Waals surface area contributed by atoms with Crippen LogP contribution in [0.5, 0.6) is 0 Å². The summed E-state index contributed by atoms with van der Waals surface area (Å²) in [6.45, 7) is 6.89. The van der Waals surface area contributed by atoms with E-state index in [9.17, 15) is 10.1 Å². The van der Waals surface area contributed by atoms with Gasteiger partial charge in [0.1, 0.15) is 0 Å². The first-order valence-corrected chi connectivity index (χ1v) is 11.2. The van der Waals surface area contributed by atoms with Gasteiger partial charge >= 0.3 is 0 Å². The number of benzene rings is 2. The van der Waals surface area contributed by atoms with Crippen LogP contribution in [0.25, 0.3) is 11.4 Å². The number of nitrogens with zero attached hydrogens (tertiary/aromatic N) is 5. The van der Waals surface area contributed by atoms with Crippen LogP contribution in [-0.4, -0.2) is 50.5 Å². The molecule has 1 saturated heterocycles. The van der Waals surface area contributed by atoms with Gasteiger partial charge < -0.3 is 4.52 Å². The molecule has 2 aromatic carbocycles. The maximum atomic E-state index is 10.9. The standard InChI is InChI=1S/C24H29N5O3/c1-2-14-28(22-9-6-15-27(17-22)16-19-7-4-3-5-8-19)18-23-25-24(26-32-23)20-10-12-21(13-11-20)29(30)31/h3-5,7-8,10-13,22H,2,6,9,14-18H2,1H3. The van der Waals surface area contributed by atoms with Gasteiger partial charge in [-0.3, -0.25) is 19.9 Å². The van der Waals surface area contributed by atoms with Crippen molar-refractivity contribution in [2.24, 2.45) is 0 Å². The molecule has 0 saturated carbocycles. The maximum absolute atomic E-state index is 10.9. The molecule has 1 fully saturated rings. The Bertz CT molecular complexity index is 1010. The van der Waals surface area contributed by atoms with Crippen LogP contribution in [0.1, 0.15) is 37.6 Å².